The third-order valence-corrected chi connectivity index (χ3v) is 4.64. The number of hydrogen-bond acceptors (Lipinski definition) is 6. The summed E-state index contributed by atoms with van der Waals surface area (Å²) >= 11 is 0. The van der Waals surface area contributed by atoms with E-state index >= 15 is 0 Å². The minimum atomic E-state index is -1.05. The van der Waals surface area contributed by atoms with Crippen molar-refractivity contribution >= 4 is 23.8 Å². The normalized spacial score (nSPS) is 17.5. The summed E-state index contributed by atoms with van der Waals surface area (Å²) < 4.78 is 5.29. The van der Waals surface area contributed by atoms with Crippen molar-refractivity contribution in [2.24, 2.45) is 0 Å². The number of carbonyl (C=O) groups is 4. The van der Waals surface area contributed by atoms with Gasteiger partial charge in [0.05, 0.1) is 6.54 Å². The monoisotopic (exact) mass is 439 g/mol. The molecule has 1 aliphatic heterocycles. The van der Waals surface area contributed by atoms with Crippen LogP contribution in [-0.4, -0.2) is 104 Å². The van der Waals surface area contributed by atoms with Gasteiger partial charge < -0.3 is 30.1 Å². The Hall–Kier alpha value is -2.62. The maximum Gasteiger partial charge on any atom is 0.408 e. The zero-order chi connectivity index (χ0) is 23.8. The molecule has 1 rings (SSSR count). The third kappa shape index (κ3) is 8.95. The predicted octanol–water partition coefficient (Wildman–Crippen LogP) is 0.193. The van der Waals surface area contributed by atoms with Gasteiger partial charge >= 0.3 is 6.09 Å². The highest BCUT2D eigenvalue weighted by Gasteiger charge is 2.38. The molecule has 2 N–H and O–H groups in total. The minimum absolute atomic E-state index is 0.0554. The number of nitrogens with one attached hydrogen (secondary N) is 2. The Balaban J connectivity index is 2.98. The van der Waals surface area contributed by atoms with Crippen molar-refractivity contribution in [3.05, 3.63) is 12.2 Å². The number of likely N-dealkylation sites (tertiary alicyclic amines) is 1. The molecule has 1 heterocycles. The van der Waals surface area contributed by atoms with Gasteiger partial charge in [0.1, 0.15) is 17.7 Å². The zero-order valence-corrected chi connectivity index (χ0v) is 19.7. The number of carbonyl (C=O) groups excluding carboxylic acids is 4. The predicted molar refractivity (Wildman–Crippen MR) is 117 cm³/mol. The first kappa shape index (κ1) is 26.4. The smallest absolute Gasteiger partial charge is 0.408 e. The Kier molecular flexibility index (Phi) is 9.96. The van der Waals surface area contributed by atoms with Gasteiger partial charge in [0, 0.05) is 33.3 Å². The van der Waals surface area contributed by atoms with Crippen molar-refractivity contribution in [3.63, 3.8) is 0 Å². The molecular weight excluding hydrogens is 402 g/mol. The molecule has 1 saturated heterocycles. The summed E-state index contributed by atoms with van der Waals surface area (Å²) in [4.78, 5) is 54.9. The average molecular weight is 440 g/mol. The van der Waals surface area contributed by atoms with Crippen molar-refractivity contribution in [1.82, 2.24) is 25.3 Å². The lowest BCUT2D eigenvalue weighted by atomic mass is 10.1. The molecule has 31 heavy (non-hydrogen) atoms. The van der Waals surface area contributed by atoms with E-state index in [0.717, 1.165) is 0 Å². The van der Waals surface area contributed by atoms with Gasteiger partial charge in [-0.05, 0) is 47.7 Å². The molecule has 0 saturated carbocycles. The second kappa shape index (κ2) is 11.7. The molecule has 1 fully saturated rings. The quantitative estimate of drug-likeness (QED) is 0.523. The Morgan fingerprint density at radius 1 is 1.19 bits per heavy atom. The fourth-order valence-electron chi connectivity index (χ4n) is 3.16. The van der Waals surface area contributed by atoms with Crippen LogP contribution < -0.4 is 10.6 Å². The lowest BCUT2D eigenvalue weighted by molar-refractivity contribution is -0.140. The van der Waals surface area contributed by atoms with Crippen LogP contribution in [0.15, 0.2) is 12.2 Å². The van der Waals surface area contributed by atoms with Gasteiger partial charge in [-0.2, -0.15) is 0 Å². The maximum absolute atomic E-state index is 13.3. The number of hydrogen-bond donors (Lipinski definition) is 2. The lowest BCUT2D eigenvalue weighted by Gasteiger charge is -2.31. The van der Waals surface area contributed by atoms with E-state index in [4.69, 9.17) is 4.74 Å². The molecule has 4 amide bonds. The number of alkyl carbamates (subject to hydrolysis) is 1. The van der Waals surface area contributed by atoms with Gasteiger partial charge in [0.15, 0.2) is 0 Å². The summed E-state index contributed by atoms with van der Waals surface area (Å²) in [6, 6.07) is -1.64. The van der Waals surface area contributed by atoms with Crippen LogP contribution in [0.2, 0.25) is 0 Å². The molecule has 0 aliphatic carbocycles. The number of nitrogens with zero attached hydrogens (tertiary/aromatic N) is 3. The van der Waals surface area contributed by atoms with Crippen molar-refractivity contribution in [3.8, 4) is 0 Å². The highest BCUT2D eigenvalue weighted by Crippen LogP contribution is 2.19. The molecule has 0 aromatic rings. The lowest BCUT2D eigenvalue weighted by Crippen LogP contribution is -2.57. The number of ether oxygens (including phenoxy) is 1. The molecular formula is C21H37N5O5. The second-order valence-electron chi connectivity index (χ2n) is 8.89. The summed E-state index contributed by atoms with van der Waals surface area (Å²) in [6.07, 6.45) is 3.63. The number of likely N-dealkylation sites (N-methyl/N-ethyl adjacent to an activating group) is 3. The highest BCUT2D eigenvalue weighted by atomic mass is 16.6. The van der Waals surface area contributed by atoms with Crippen molar-refractivity contribution < 1.29 is 23.9 Å². The van der Waals surface area contributed by atoms with Crippen molar-refractivity contribution in [1.29, 1.82) is 0 Å². The first-order valence-electron chi connectivity index (χ1n) is 10.4. The Labute approximate surface area is 184 Å². The fourth-order valence-corrected chi connectivity index (χ4v) is 3.16. The largest absolute Gasteiger partial charge is 0.444 e. The zero-order valence-electron chi connectivity index (χ0n) is 19.7. The van der Waals surface area contributed by atoms with Crippen LogP contribution in [-0.2, 0) is 19.1 Å². The number of rotatable bonds is 8. The van der Waals surface area contributed by atoms with E-state index in [1.165, 1.54) is 22.9 Å². The van der Waals surface area contributed by atoms with Crippen molar-refractivity contribution in [2.45, 2.75) is 51.3 Å². The van der Waals surface area contributed by atoms with Gasteiger partial charge in [0.25, 0.3) is 0 Å². The summed E-state index contributed by atoms with van der Waals surface area (Å²) in [5.41, 5.74) is -0.743. The van der Waals surface area contributed by atoms with E-state index in [-0.39, 0.29) is 18.4 Å². The molecule has 1 aliphatic rings. The van der Waals surface area contributed by atoms with E-state index in [9.17, 15) is 19.2 Å². The summed E-state index contributed by atoms with van der Waals surface area (Å²) in [6.45, 7) is 6.10. The molecule has 2 unspecified atom stereocenters. The van der Waals surface area contributed by atoms with Crippen LogP contribution in [0.5, 0.6) is 0 Å². The van der Waals surface area contributed by atoms with Gasteiger partial charge in [-0.3, -0.25) is 14.4 Å². The molecule has 10 heteroatoms. The molecule has 0 spiro atoms. The summed E-state index contributed by atoms with van der Waals surface area (Å²) in [5, 5.41) is 5.15. The van der Waals surface area contributed by atoms with E-state index in [0.29, 0.717) is 25.9 Å². The maximum atomic E-state index is 13.3. The van der Waals surface area contributed by atoms with E-state index in [2.05, 4.69) is 10.6 Å². The Morgan fingerprint density at radius 2 is 1.84 bits per heavy atom. The van der Waals surface area contributed by atoms with Crippen LogP contribution in [0.3, 0.4) is 0 Å². The molecule has 0 aromatic carbocycles. The molecule has 2 atom stereocenters. The van der Waals surface area contributed by atoms with Crippen LogP contribution in [0.1, 0.15) is 33.6 Å². The van der Waals surface area contributed by atoms with Crippen LogP contribution in [0.4, 0.5) is 4.79 Å². The molecule has 0 aromatic heterocycles. The van der Waals surface area contributed by atoms with Gasteiger partial charge in [0.2, 0.25) is 17.7 Å². The summed E-state index contributed by atoms with van der Waals surface area (Å²) in [7, 11) is 6.85. The standard InChI is InChI=1S/C21H37N5O5/c1-21(2,3)31-20(30)23-15(14-25(7)17(27)11-9-12-24(5)6)19(29)26-13-8-10-16(26)18(28)22-4/h9,11,15-16H,8,10,12-14H2,1-7H3,(H,22,28)(H,23,30). The molecule has 0 bridgehead atoms. The third-order valence-electron chi connectivity index (χ3n) is 4.64. The fraction of sp³-hybridized carbons (Fsp3) is 0.714. The number of amides is 4. The molecule has 10 nitrogen and oxygen atoms in total. The van der Waals surface area contributed by atoms with Gasteiger partial charge in [-0.25, -0.2) is 4.79 Å². The second-order valence-corrected chi connectivity index (χ2v) is 8.89. The first-order chi connectivity index (χ1) is 14.4. The Morgan fingerprint density at radius 3 is 2.39 bits per heavy atom. The summed E-state index contributed by atoms with van der Waals surface area (Å²) in [5.74, 6) is -0.971. The Bertz CT molecular complexity index is 686. The molecule has 176 valence electrons. The van der Waals surface area contributed by atoms with E-state index < -0.39 is 29.7 Å². The highest BCUT2D eigenvalue weighted by molar-refractivity contribution is 5.93. The van der Waals surface area contributed by atoms with Gasteiger partial charge in [-0.15, -0.1) is 0 Å². The first-order valence-corrected chi connectivity index (χ1v) is 10.4. The van der Waals surface area contributed by atoms with Crippen LogP contribution in [0, 0.1) is 0 Å². The van der Waals surface area contributed by atoms with E-state index in [1.807, 2.05) is 19.0 Å². The van der Waals surface area contributed by atoms with Gasteiger partial charge in [-0.1, -0.05) is 6.08 Å². The minimum Gasteiger partial charge on any atom is -0.444 e. The SMILES string of the molecule is CNC(=O)C1CCCN1C(=O)C(CN(C)C(=O)C=CCN(C)C)NC(=O)OC(C)(C)C. The molecule has 0 radical (unpaired) electrons. The van der Waals surface area contributed by atoms with Crippen molar-refractivity contribution in [2.75, 3.05) is 47.8 Å². The average Bonchev–Trinajstić information content (AvgIpc) is 3.13. The van der Waals surface area contributed by atoms with Crippen LogP contribution in [0.25, 0.3) is 0 Å². The van der Waals surface area contributed by atoms with E-state index in [1.54, 1.807) is 33.9 Å². The van der Waals surface area contributed by atoms with Crippen LogP contribution >= 0.6 is 0 Å². The topological polar surface area (TPSA) is 111 Å².